The lowest BCUT2D eigenvalue weighted by molar-refractivity contribution is -0.143. The summed E-state index contributed by atoms with van der Waals surface area (Å²) in [5.41, 5.74) is 6.51. The van der Waals surface area contributed by atoms with Crippen LogP contribution >= 0.6 is 0 Å². The largest absolute Gasteiger partial charge is 0.480 e. The molecule has 1 aromatic carbocycles. The number of hydrogen-bond donors (Lipinski definition) is 2. The number of aryl methyl sites for hydroxylation is 3. The Labute approximate surface area is 183 Å². The molecule has 0 radical (unpaired) electrons. The summed E-state index contributed by atoms with van der Waals surface area (Å²) in [5.74, 6) is -0.898. The first-order valence-electron chi connectivity index (χ1n) is 11.3. The minimum atomic E-state index is -0.814. The highest BCUT2D eigenvalue weighted by atomic mass is 16.4. The number of rotatable bonds is 5. The average molecular weight is 422 g/mol. The van der Waals surface area contributed by atoms with E-state index in [2.05, 4.69) is 24.4 Å². The molecule has 0 bridgehead atoms. The SMILES string of the molecule is Cc1ccc(NC(=O)C2CCN(C(C)C(=O)O)CC2)cc1-c1ccc2c(n1)CCCC2. The van der Waals surface area contributed by atoms with Crippen molar-refractivity contribution in [2.75, 3.05) is 18.4 Å². The minimum absolute atomic E-state index is 0.0100. The number of carbonyl (C=O) groups excluding carboxylic acids is 1. The molecular formula is C25H31N3O3. The summed E-state index contributed by atoms with van der Waals surface area (Å²) in [5, 5.41) is 12.3. The third kappa shape index (κ3) is 4.79. The van der Waals surface area contributed by atoms with Crippen LogP contribution in [0.25, 0.3) is 11.3 Å². The Balaban J connectivity index is 1.44. The van der Waals surface area contributed by atoms with E-state index in [0.717, 1.165) is 35.3 Å². The molecule has 6 heteroatoms. The second-order valence-electron chi connectivity index (χ2n) is 8.85. The second kappa shape index (κ2) is 9.18. The molecule has 1 amide bonds. The number of carboxylic acids is 1. The number of piperidine rings is 1. The first kappa shape index (κ1) is 21.5. The quantitative estimate of drug-likeness (QED) is 0.761. The molecule has 1 aliphatic carbocycles. The number of carbonyl (C=O) groups is 2. The number of aromatic nitrogens is 1. The summed E-state index contributed by atoms with van der Waals surface area (Å²) in [6.45, 7) is 5.03. The Bertz CT molecular complexity index is 980. The van der Waals surface area contributed by atoms with Gasteiger partial charge in [-0.1, -0.05) is 12.1 Å². The molecule has 1 aromatic heterocycles. The van der Waals surface area contributed by atoms with Gasteiger partial charge in [-0.15, -0.1) is 0 Å². The van der Waals surface area contributed by atoms with Crippen molar-refractivity contribution >= 4 is 17.6 Å². The monoisotopic (exact) mass is 421 g/mol. The van der Waals surface area contributed by atoms with Crippen molar-refractivity contribution in [3.8, 4) is 11.3 Å². The van der Waals surface area contributed by atoms with Gasteiger partial charge in [-0.3, -0.25) is 19.5 Å². The van der Waals surface area contributed by atoms with Crippen molar-refractivity contribution < 1.29 is 14.7 Å². The van der Waals surface area contributed by atoms with Gasteiger partial charge in [0.2, 0.25) is 5.91 Å². The van der Waals surface area contributed by atoms with Crippen LogP contribution in [0.1, 0.15) is 49.4 Å². The van der Waals surface area contributed by atoms with Gasteiger partial charge in [-0.2, -0.15) is 0 Å². The molecular weight excluding hydrogens is 390 g/mol. The van der Waals surface area contributed by atoms with Gasteiger partial charge in [-0.25, -0.2) is 0 Å². The van der Waals surface area contributed by atoms with Gasteiger partial charge in [0, 0.05) is 22.9 Å². The highest BCUT2D eigenvalue weighted by Gasteiger charge is 2.29. The van der Waals surface area contributed by atoms with E-state index in [1.165, 1.54) is 24.1 Å². The van der Waals surface area contributed by atoms with E-state index >= 15 is 0 Å². The molecule has 0 saturated carbocycles. The summed E-state index contributed by atoms with van der Waals surface area (Å²) in [6, 6.07) is 9.78. The molecule has 31 heavy (non-hydrogen) atoms. The fourth-order valence-corrected chi connectivity index (χ4v) is 4.66. The highest BCUT2D eigenvalue weighted by molar-refractivity contribution is 5.93. The number of amides is 1. The third-order valence-corrected chi connectivity index (χ3v) is 6.76. The first-order valence-corrected chi connectivity index (χ1v) is 11.3. The molecule has 4 rings (SSSR count). The Kier molecular flexibility index (Phi) is 6.37. The lowest BCUT2D eigenvalue weighted by Crippen LogP contribution is -2.45. The van der Waals surface area contributed by atoms with E-state index in [1.807, 2.05) is 23.1 Å². The standard InChI is InChI=1S/C25H31N3O3/c1-16-7-9-20(15-21(16)23-10-8-18-5-3-4-6-22(18)27-23)26-24(29)19-11-13-28(14-12-19)17(2)25(30)31/h7-10,15,17,19H,3-6,11-14H2,1-2H3,(H,26,29)(H,30,31). The number of nitrogens with one attached hydrogen (secondary N) is 1. The van der Waals surface area contributed by atoms with Crippen molar-refractivity contribution in [2.24, 2.45) is 5.92 Å². The molecule has 2 aliphatic rings. The van der Waals surface area contributed by atoms with Crippen LogP contribution in [0, 0.1) is 12.8 Å². The van der Waals surface area contributed by atoms with Gasteiger partial charge in [0.25, 0.3) is 0 Å². The van der Waals surface area contributed by atoms with Gasteiger partial charge in [0.15, 0.2) is 0 Å². The summed E-state index contributed by atoms with van der Waals surface area (Å²) in [6.07, 6.45) is 5.94. The Morgan fingerprint density at radius 3 is 2.61 bits per heavy atom. The average Bonchev–Trinajstić information content (AvgIpc) is 2.79. The van der Waals surface area contributed by atoms with Gasteiger partial charge in [0.05, 0.1) is 5.69 Å². The summed E-state index contributed by atoms with van der Waals surface area (Å²) in [7, 11) is 0. The van der Waals surface area contributed by atoms with Crippen LogP contribution in [0.4, 0.5) is 5.69 Å². The van der Waals surface area contributed by atoms with Crippen LogP contribution in [-0.4, -0.2) is 46.0 Å². The van der Waals surface area contributed by atoms with Crippen LogP contribution < -0.4 is 5.32 Å². The van der Waals surface area contributed by atoms with Crippen molar-refractivity contribution in [3.63, 3.8) is 0 Å². The molecule has 2 heterocycles. The van der Waals surface area contributed by atoms with Crippen molar-refractivity contribution in [2.45, 2.75) is 58.4 Å². The zero-order chi connectivity index (χ0) is 22.0. The fourth-order valence-electron chi connectivity index (χ4n) is 4.66. The molecule has 2 aromatic rings. The zero-order valence-electron chi connectivity index (χ0n) is 18.4. The topological polar surface area (TPSA) is 82.5 Å². The van der Waals surface area contributed by atoms with Crippen LogP contribution in [0.2, 0.25) is 0 Å². The summed E-state index contributed by atoms with van der Waals surface area (Å²) < 4.78 is 0. The molecule has 1 unspecified atom stereocenters. The molecule has 1 aliphatic heterocycles. The van der Waals surface area contributed by atoms with Crippen LogP contribution in [0.5, 0.6) is 0 Å². The fraction of sp³-hybridized carbons (Fsp3) is 0.480. The number of benzene rings is 1. The van der Waals surface area contributed by atoms with Crippen LogP contribution in [0.15, 0.2) is 30.3 Å². The number of nitrogens with zero attached hydrogens (tertiary/aromatic N) is 2. The predicted molar refractivity (Wildman–Crippen MR) is 121 cm³/mol. The molecule has 1 atom stereocenters. The van der Waals surface area contributed by atoms with E-state index in [9.17, 15) is 14.7 Å². The second-order valence-corrected chi connectivity index (χ2v) is 8.85. The number of hydrogen-bond acceptors (Lipinski definition) is 4. The number of likely N-dealkylation sites (tertiary alicyclic amines) is 1. The third-order valence-electron chi connectivity index (χ3n) is 6.76. The van der Waals surface area contributed by atoms with E-state index in [0.29, 0.717) is 25.9 Å². The maximum Gasteiger partial charge on any atom is 0.320 e. The molecule has 1 saturated heterocycles. The molecule has 6 nitrogen and oxygen atoms in total. The van der Waals surface area contributed by atoms with Crippen LogP contribution in [-0.2, 0) is 22.4 Å². The van der Waals surface area contributed by atoms with Crippen molar-refractivity contribution in [3.05, 3.63) is 47.2 Å². The Hall–Kier alpha value is -2.73. The smallest absolute Gasteiger partial charge is 0.320 e. The van der Waals surface area contributed by atoms with E-state index in [4.69, 9.17) is 4.98 Å². The number of fused-ring (bicyclic) bond motifs is 1. The normalized spacial score (nSPS) is 18.3. The lowest BCUT2D eigenvalue weighted by atomic mass is 9.94. The van der Waals surface area contributed by atoms with E-state index < -0.39 is 12.0 Å². The van der Waals surface area contributed by atoms with E-state index in [1.54, 1.807) is 6.92 Å². The van der Waals surface area contributed by atoms with E-state index in [-0.39, 0.29) is 11.8 Å². The van der Waals surface area contributed by atoms with Gasteiger partial charge in [-0.05, 0) is 94.8 Å². The van der Waals surface area contributed by atoms with Gasteiger partial charge >= 0.3 is 5.97 Å². The summed E-state index contributed by atoms with van der Waals surface area (Å²) in [4.78, 5) is 30.9. The highest BCUT2D eigenvalue weighted by Crippen LogP contribution is 2.29. The van der Waals surface area contributed by atoms with Crippen LogP contribution in [0.3, 0.4) is 0 Å². The first-order chi connectivity index (χ1) is 14.9. The molecule has 2 N–H and O–H groups in total. The van der Waals surface area contributed by atoms with Gasteiger partial charge < -0.3 is 10.4 Å². The van der Waals surface area contributed by atoms with Gasteiger partial charge in [0.1, 0.15) is 6.04 Å². The number of aliphatic carboxylic acids is 1. The maximum absolute atomic E-state index is 12.8. The molecule has 1 fully saturated rings. The van der Waals surface area contributed by atoms with Crippen molar-refractivity contribution in [1.29, 1.82) is 0 Å². The van der Waals surface area contributed by atoms with Crippen molar-refractivity contribution in [1.82, 2.24) is 9.88 Å². The Morgan fingerprint density at radius 2 is 1.87 bits per heavy atom. The number of carboxylic acid groups (broad SMARTS) is 1. The number of pyridine rings is 1. The molecule has 164 valence electrons. The Morgan fingerprint density at radius 1 is 1.13 bits per heavy atom. The lowest BCUT2D eigenvalue weighted by Gasteiger charge is -2.33. The summed E-state index contributed by atoms with van der Waals surface area (Å²) >= 11 is 0. The zero-order valence-corrected chi connectivity index (χ0v) is 18.4. The molecule has 0 spiro atoms. The number of anilines is 1. The minimum Gasteiger partial charge on any atom is -0.480 e. The maximum atomic E-state index is 12.8. The predicted octanol–water partition coefficient (Wildman–Crippen LogP) is 4.06.